The summed E-state index contributed by atoms with van der Waals surface area (Å²) in [5.41, 5.74) is 5.83. The van der Waals surface area contributed by atoms with Crippen molar-refractivity contribution in [3.8, 4) is 5.75 Å². The molecule has 0 amide bonds. The fourth-order valence-corrected chi connectivity index (χ4v) is 4.95. The zero-order valence-electron chi connectivity index (χ0n) is 14.7. The van der Waals surface area contributed by atoms with Gasteiger partial charge in [0.2, 0.25) is 10.0 Å². The number of nitrogens with one attached hydrogen (secondary N) is 1. The number of sulfonamides is 1. The third-order valence-electron chi connectivity index (χ3n) is 4.45. The van der Waals surface area contributed by atoms with Gasteiger partial charge in [-0.2, -0.15) is 0 Å². The Kier molecular flexibility index (Phi) is 7.51. The second-order valence-corrected chi connectivity index (χ2v) is 8.60. The van der Waals surface area contributed by atoms with Crippen LogP contribution in [0.4, 0.5) is 0 Å². The van der Waals surface area contributed by atoms with Gasteiger partial charge in [0.15, 0.2) is 0 Å². The lowest BCUT2D eigenvalue weighted by Crippen LogP contribution is -2.44. The predicted molar refractivity (Wildman–Crippen MR) is 98.5 cm³/mol. The fourth-order valence-electron chi connectivity index (χ4n) is 3.23. The molecule has 6 nitrogen and oxygen atoms in total. The molecule has 1 saturated carbocycles. The molecule has 3 N–H and O–H groups in total. The fraction of sp³-hybridized carbons (Fsp3) is 0.647. The molecule has 8 heteroatoms. The molecule has 25 heavy (non-hydrogen) atoms. The maximum absolute atomic E-state index is 12.9. The Bertz CT molecular complexity index is 663. The zero-order valence-corrected chi connectivity index (χ0v) is 16.3. The number of hydrogen-bond donors (Lipinski definition) is 2. The van der Waals surface area contributed by atoms with Gasteiger partial charge in [0.05, 0.1) is 6.61 Å². The summed E-state index contributed by atoms with van der Waals surface area (Å²) in [5.74, 6) is 0.527. The highest BCUT2D eigenvalue weighted by Crippen LogP contribution is 2.31. The van der Waals surface area contributed by atoms with Crippen LogP contribution in [0.25, 0.3) is 0 Å². The van der Waals surface area contributed by atoms with E-state index in [1.54, 1.807) is 19.2 Å². The van der Waals surface area contributed by atoms with Crippen molar-refractivity contribution in [3.63, 3.8) is 0 Å². The first-order valence-electron chi connectivity index (χ1n) is 8.55. The van der Waals surface area contributed by atoms with Crippen molar-refractivity contribution in [2.45, 2.75) is 49.6 Å². The summed E-state index contributed by atoms with van der Waals surface area (Å²) >= 11 is 6.02. The zero-order chi connectivity index (χ0) is 18.4. The number of nitrogens with two attached hydrogens (primary N) is 1. The van der Waals surface area contributed by atoms with Crippen molar-refractivity contribution in [2.24, 2.45) is 11.7 Å². The molecule has 0 bridgehead atoms. The third-order valence-corrected chi connectivity index (χ3v) is 6.20. The summed E-state index contributed by atoms with van der Waals surface area (Å²) in [6.45, 7) is 2.42. The molecular formula is C17H27ClN2O4S. The van der Waals surface area contributed by atoms with Crippen LogP contribution in [0.5, 0.6) is 5.75 Å². The quantitative estimate of drug-likeness (QED) is 0.676. The molecule has 1 fully saturated rings. The minimum atomic E-state index is -3.80. The molecule has 1 aromatic carbocycles. The molecule has 0 heterocycles. The molecule has 2 rings (SSSR count). The van der Waals surface area contributed by atoms with E-state index in [9.17, 15) is 8.42 Å². The topological polar surface area (TPSA) is 90.6 Å². The monoisotopic (exact) mass is 390 g/mol. The standard InChI is InChI=1S/C17H27ClN2O4S/c1-12(11-23-2)24-16-8-7-14(18)9-17(16)25(21,22)20-15(10-19)13-5-3-4-6-13/h7-9,12-13,15,20H,3-6,10-11,19H2,1-2H3. The summed E-state index contributed by atoms with van der Waals surface area (Å²) in [5, 5.41) is 0.331. The maximum atomic E-state index is 12.9. The first kappa shape index (κ1) is 20.5. The minimum absolute atomic E-state index is 0.0272. The van der Waals surface area contributed by atoms with E-state index in [2.05, 4.69) is 4.72 Å². The molecule has 1 aliphatic carbocycles. The molecule has 1 aliphatic rings. The Balaban J connectivity index is 2.25. The number of halogens is 1. The van der Waals surface area contributed by atoms with Crippen molar-refractivity contribution in [1.29, 1.82) is 0 Å². The van der Waals surface area contributed by atoms with Crippen molar-refractivity contribution in [3.05, 3.63) is 23.2 Å². The molecule has 0 aromatic heterocycles. The normalized spacial score (nSPS) is 18.2. The highest BCUT2D eigenvalue weighted by molar-refractivity contribution is 7.89. The molecular weight excluding hydrogens is 364 g/mol. The van der Waals surface area contributed by atoms with Gasteiger partial charge in [-0.3, -0.25) is 0 Å². The van der Waals surface area contributed by atoms with E-state index in [-0.39, 0.29) is 35.3 Å². The molecule has 2 atom stereocenters. The van der Waals surface area contributed by atoms with E-state index in [4.69, 9.17) is 26.8 Å². The highest BCUT2D eigenvalue weighted by atomic mass is 35.5. The average molecular weight is 391 g/mol. The van der Waals surface area contributed by atoms with E-state index < -0.39 is 10.0 Å². The van der Waals surface area contributed by atoms with Crippen molar-refractivity contribution < 1.29 is 17.9 Å². The van der Waals surface area contributed by atoms with E-state index in [1.807, 2.05) is 6.92 Å². The van der Waals surface area contributed by atoms with Gasteiger partial charge in [-0.15, -0.1) is 0 Å². The Labute approximate surface area is 155 Å². The second-order valence-electron chi connectivity index (χ2n) is 6.48. The smallest absolute Gasteiger partial charge is 0.244 e. The lowest BCUT2D eigenvalue weighted by Gasteiger charge is -2.24. The van der Waals surface area contributed by atoms with Crippen LogP contribution in [0.2, 0.25) is 5.02 Å². The average Bonchev–Trinajstić information content (AvgIpc) is 3.09. The summed E-state index contributed by atoms with van der Waals surface area (Å²) in [4.78, 5) is 0.0272. The number of rotatable bonds is 9. The summed E-state index contributed by atoms with van der Waals surface area (Å²) in [7, 11) is -2.24. The molecule has 0 radical (unpaired) electrons. The Hall–Kier alpha value is -0.860. The minimum Gasteiger partial charge on any atom is -0.487 e. The van der Waals surface area contributed by atoms with Crippen molar-refractivity contribution >= 4 is 21.6 Å². The van der Waals surface area contributed by atoms with Crippen LogP contribution < -0.4 is 15.2 Å². The van der Waals surface area contributed by atoms with Crippen LogP contribution in [-0.2, 0) is 14.8 Å². The lowest BCUT2D eigenvalue weighted by atomic mass is 9.99. The number of benzene rings is 1. The summed E-state index contributed by atoms with van der Waals surface area (Å²) < 4.78 is 39.4. The first-order valence-corrected chi connectivity index (χ1v) is 10.4. The van der Waals surface area contributed by atoms with Crippen LogP contribution in [0, 0.1) is 5.92 Å². The Morgan fingerprint density at radius 1 is 1.36 bits per heavy atom. The van der Waals surface area contributed by atoms with Gasteiger partial charge < -0.3 is 15.2 Å². The number of hydrogen-bond acceptors (Lipinski definition) is 5. The van der Waals surface area contributed by atoms with Crippen LogP contribution in [0.15, 0.2) is 23.1 Å². The van der Waals surface area contributed by atoms with Gasteiger partial charge >= 0.3 is 0 Å². The van der Waals surface area contributed by atoms with E-state index in [0.717, 1.165) is 25.7 Å². The number of ether oxygens (including phenoxy) is 2. The predicted octanol–water partition coefficient (Wildman–Crippen LogP) is 2.55. The van der Waals surface area contributed by atoms with Gasteiger partial charge in [-0.05, 0) is 43.9 Å². The van der Waals surface area contributed by atoms with Gasteiger partial charge in [-0.1, -0.05) is 24.4 Å². The van der Waals surface area contributed by atoms with Crippen LogP contribution >= 0.6 is 11.6 Å². The number of methoxy groups -OCH3 is 1. The molecule has 142 valence electrons. The van der Waals surface area contributed by atoms with Crippen LogP contribution in [-0.4, -0.2) is 40.8 Å². The second kappa shape index (κ2) is 9.19. The van der Waals surface area contributed by atoms with E-state index in [1.165, 1.54) is 6.07 Å². The third kappa shape index (κ3) is 5.56. The highest BCUT2D eigenvalue weighted by Gasteiger charge is 2.30. The Morgan fingerprint density at radius 3 is 2.64 bits per heavy atom. The van der Waals surface area contributed by atoms with Gasteiger partial charge in [-0.25, -0.2) is 13.1 Å². The van der Waals surface area contributed by atoms with E-state index in [0.29, 0.717) is 11.6 Å². The van der Waals surface area contributed by atoms with Crippen molar-refractivity contribution in [1.82, 2.24) is 4.72 Å². The lowest BCUT2D eigenvalue weighted by molar-refractivity contribution is 0.0901. The summed E-state index contributed by atoms with van der Waals surface area (Å²) in [6.07, 6.45) is 3.93. The van der Waals surface area contributed by atoms with Gasteiger partial charge in [0, 0.05) is 24.7 Å². The summed E-state index contributed by atoms with van der Waals surface area (Å²) in [6, 6.07) is 4.29. The molecule has 0 aliphatic heterocycles. The van der Waals surface area contributed by atoms with Crippen LogP contribution in [0.3, 0.4) is 0 Å². The maximum Gasteiger partial charge on any atom is 0.244 e. The molecule has 2 unspecified atom stereocenters. The molecule has 0 saturated heterocycles. The van der Waals surface area contributed by atoms with Gasteiger partial charge in [0.1, 0.15) is 16.7 Å². The molecule has 0 spiro atoms. The Morgan fingerprint density at radius 2 is 2.04 bits per heavy atom. The molecule has 1 aromatic rings. The largest absolute Gasteiger partial charge is 0.487 e. The van der Waals surface area contributed by atoms with Crippen LogP contribution in [0.1, 0.15) is 32.6 Å². The first-order chi connectivity index (χ1) is 11.9. The van der Waals surface area contributed by atoms with Crippen molar-refractivity contribution in [2.75, 3.05) is 20.3 Å². The van der Waals surface area contributed by atoms with Gasteiger partial charge in [0.25, 0.3) is 0 Å². The SMILES string of the molecule is COCC(C)Oc1ccc(Cl)cc1S(=O)(=O)NC(CN)C1CCCC1. The van der Waals surface area contributed by atoms with E-state index >= 15 is 0 Å².